The Kier molecular flexibility index (Phi) is 4.65. The van der Waals surface area contributed by atoms with Crippen molar-refractivity contribution in [2.45, 2.75) is 0 Å². The largest absolute Gasteiger partial charge is 0.261 e. The summed E-state index contributed by atoms with van der Waals surface area (Å²) in [6, 6.07) is 18.2. The molecule has 0 radical (unpaired) electrons. The van der Waals surface area contributed by atoms with Crippen LogP contribution in [0.3, 0.4) is 0 Å². The summed E-state index contributed by atoms with van der Waals surface area (Å²) in [6.07, 6.45) is 1.85. The van der Waals surface area contributed by atoms with Crippen LogP contribution in [0.1, 0.15) is 5.56 Å². The Morgan fingerprint density at radius 3 is 2.64 bits per heavy atom. The van der Waals surface area contributed by atoms with E-state index in [0.29, 0.717) is 0 Å². The van der Waals surface area contributed by atoms with Gasteiger partial charge in [-0.05, 0) is 17.7 Å². The van der Waals surface area contributed by atoms with Crippen LogP contribution in [0, 0.1) is 0 Å². The molecule has 0 saturated heterocycles. The zero-order chi connectivity index (χ0) is 15.4. The Labute approximate surface area is 141 Å². The molecule has 5 heteroatoms. The number of hydrogen-bond donors (Lipinski definition) is 0. The van der Waals surface area contributed by atoms with Crippen molar-refractivity contribution < 1.29 is 0 Å². The van der Waals surface area contributed by atoms with Crippen molar-refractivity contribution in [1.29, 1.82) is 0 Å². The summed E-state index contributed by atoms with van der Waals surface area (Å²) >= 11 is 5.10. The molecule has 0 N–H and O–H groups in total. The third-order valence-electron chi connectivity index (χ3n) is 3.12. The fourth-order valence-corrected chi connectivity index (χ4v) is 3.28. The second-order valence-electron chi connectivity index (χ2n) is 4.60. The van der Waals surface area contributed by atoms with E-state index in [1.165, 1.54) is 0 Å². The Bertz CT molecular complexity index is 863. The lowest BCUT2D eigenvalue weighted by Gasteiger charge is -2.04. The first-order chi connectivity index (χ1) is 10.8. The Morgan fingerprint density at radius 1 is 1.09 bits per heavy atom. The highest BCUT2D eigenvalue weighted by molar-refractivity contribution is 9.10. The van der Waals surface area contributed by atoms with Crippen LogP contribution < -0.4 is 4.80 Å². The maximum atomic E-state index is 4.61. The molecule has 3 nitrogen and oxygen atoms in total. The number of hydrogen-bond acceptors (Lipinski definition) is 3. The van der Waals surface area contributed by atoms with E-state index in [4.69, 9.17) is 0 Å². The van der Waals surface area contributed by atoms with Gasteiger partial charge in [-0.2, -0.15) is 5.10 Å². The smallest absolute Gasteiger partial charge is 0.205 e. The number of rotatable bonds is 3. The highest BCUT2D eigenvalue weighted by atomic mass is 79.9. The molecule has 0 spiro atoms. The van der Waals surface area contributed by atoms with Crippen LogP contribution in [0.2, 0.25) is 0 Å². The molecule has 110 valence electrons. The van der Waals surface area contributed by atoms with E-state index in [0.717, 1.165) is 26.1 Å². The number of aromatic nitrogens is 1. The average Bonchev–Trinajstić information content (AvgIpc) is 2.97. The van der Waals surface area contributed by atoms with Gasteiger partial charge in [0.1, 0.15) is 0 Å². The van der Waals surface area contributed by atoms with Gasteiger partial charge in [0, 0.05) is 22.5 Å². The van der Waals surface area contributed by atoms with Crippen LogP contribution in [0.5, 0.6) is 0 Å². The maximum Gasteiger partial charge on any atom is 0.205 e. The molecule has 0 atom stereocenters. The van der Waals surface area contributed by atoms with Gasteiger partial charge < -0.3 is 0 Å². The third kappa shape index (κ3) is 3.26. The van der Waals surface area contributed by atoms with E-state index < -0.39 is 0 Å². The van der Waals surface area contributed by atoms with Crippen LogP contribution in [-0.4, -0.2) is 17.9 Å². The van der Waals surface area contributed by atoms with Gasteiger partial charge in [0.25, 0.3) is 0 Å². The molecule has 0 saturated carbocycles. The fourth-order valence-electron chi connectivity index (χ4n) is 2.07. The minimum Gasteiger partial charge on any atom is -0.261 e. The quantitative estimate of drug-likeness (QED) is 0.611. The SMILES string of the molecule is CN=c1scc(-c2cccc(Br)c2)n1/N=C\c1ccccc1. The molecule has 0 unspecified atom stereocenters. The van der Waals surface area contributed by atoms with Gasteiger partial charge in [0.05, 0.1) is 11.9 Å². The monoisotopic (exact) mass is 371 g/mol. The summed E-state index contributed by atoms with van der Waals surface area (Å²) in [5, 5.41) is 6.68. The lowest BCUT2D eigenvalue weighted by Crippen LogP contribution is -2.11. The fraction of sp³-hybridized carbons (Fsp3) is 0.0588. The number of nitrogens with zero attached hydrogens (tertiary/aromatic N) is 3. The van der Waals surface area contributed by atoms with Crippen molar-refractivity contribution >= 4 is 33.5 Å². The molecule has 0 aliphatic heterocycles. The van der Waals surface area contributed by atoms with Crippen molar-refractivity contribution in [3.63, 3.8) is 0 Å². The second-order valence-corrected chi connectivity index (χ2v) is 6.36. The molecule has 1 heterocycles. The van der Waals surface area contributed by atoms with Crippen LogP contribution in [0.4, 0.5) is 0 Å². The van der Waals surface area contributed by atoms with Crippen molar-refractivity contribution in [3.8, 4) is 11.3 Å². The highest BCUT2D eigenvalue weighted by Crippen LogP contribution is 2.23. The average molecular weight is 372 g/mol. The van der Waals surface area contributed by atoms with E-state index >= 15 is 0 Å². The van der Waals surface area contributed by atoms with E-state index in [-0.39, 0.29) is 0 Å². The van der Waals surface area contributed by atoms with Crippen molar-refractivity contribution in [3.05, 3.63) is 74.8 Å². The summed E-state index contributed by atoms with van der Waals surface area (Å²) in [6.45, 7) is 0. The highest BCUT2D eigenvalue weighted by Gasteiger charge is 2.07. The molecule has 0 bridgehead atoms. The van der Waals surface area contributed by atoms with Crippen molar-refractivity contribution in [1.82, 2.24) is 4.68 Å². The molecule has 0 amide bonds. The first kappa shape index (κ1) is 14.9. The predicted octanol–water partition coefficient (Wildman–Crippen LogP) is 4.39. The number of thiazole rings is 1. The molecule has 1 aromatic heterocycles. The first-order valence-electron chi connectivity index (χ1n) is 6.76. The second kappa shape index (κ2) is 6.85. The van der Waals surface area contributed by atoms with Crippen LogP contribution >= 0.6 is 27.3 Å². The van der Waals surface area contributed by atoms with Crippen LogP contribution in [0.25, 0.3) is 11.3 Å². The lowest BCUT2D eigenvalue weighted by molar-refractivity contribution is 0.848. The van der Waals surface area contributed by atoms with E-state index in [1.54, 1.807) is 18.4 Å². The van der Waals surface area contributed by atoms with Gasteiger partial charge in [-0.25, -0.2) is 4.68 Å². The first-order valence-corrected chi connectivity index (χ1v) is 8.44. The molecule has 22 heavy (non-hydrogen) atoms. The van der Waals surface area contributed by atoms with E-state index in [1.807, 2.05) is 53.4 Å². The Morgan fingerprint density at radius 2 is 1.91 bits per heavy atom. The molecule has 0 aliphatic rings. The summed E-state index contributed by atoms with van der Waals surface area (Å²) in [5.74, 6) is 0. The minimum absolute atomic E-state index is 0.863. The van der Waals surface area contributed by atoms with Gasteiger partial charge in [-0.15, -0.1) is 11.3 Å². The normalized spacial score (nSPS) is 12.2. The zero-order valence-electron chi connectivity index (χ0n) is 12.0. The van der Waals surface area contributed by atoms with E-state index in [2.05, 4.69) is 43.5 Å². The molecule has 0 fully saturated rings. The third-order valence-corrected chi connectivity index (χ3v) is 4.52. The van der Waals surface area contributed by atoms with Gasteiger partial charge in [-0.3, -0.25) is 4.99 Å². The topological polar surface area (TPSA) is 29.6 Å². The molecule has 2 aromatic carbocycles. The molecule has 3 aromatic rings. The van der Waals surface area contributed by atoms with Crippen molar-refractivity contribution in [2.24, 2.45) is 10.1 Å². The number of halogens is 1. The molecular formula is C17H14BrN3S. The molecular weight excluding hydrogens is 358 g/mol. The summed E-state index contributed by atoms with van der Waals surface area (Å²) < 4.78 is 2.92. The van der Waals surface area contributed by atoms with Gasteiger partial charge in [0.2, 0.25) is 4.80 Å². The number of benzene rings is 2. The summed E-state index contributed by atoms with van der Waals surface area (Å²) in [4.78, 5) is 5.17. The Balaban J connectivity index is 2.07. The van der Waals surface area contributed by atoms with Gasteiger partial charge in [0.15, 0.2) is 0 Å². The van der Waals surface area contributed by atoms with Gasteiger partial charge >= 0.3 is 0 Å². The van der Waals surface area contributed by atoms with Crippen molar-refractivity contribution in [2.75, 3.05) is 7.05 Å². The van der Waals surface area contributed by atoms with Crippen LogP contribution in [0.15, 0.2) is 74.5 Å². The predicted molar refractivity (Wildman–Crippen MR) is 96.4 cm³/mol. The summed E-state index contributed by atoms with van der Waals surface area (Å²) in [5.41, 5.74) is 3.19. The lowest BCUT2D eigenvalue weighted by atomic mass is 10.2. The molecule has 0 aliphatic carbocycles. The standard InChI is InChI=1S/C17H14BrN3S/c1-19-17-21(20-11-13-6-3-2-4-7-13)16(12-22-17)14-8-5-9-15(18)10-14/h2-12H,1H3/b19-17?,20-11-. The van der Waals surface area contributed by atoms with Gasteiger partial charge in [-0.1, -0.05) is 58.4 Å². The maximum absolute atomic E-state index is 4.61. The zero-order valence-corrected chi connectivity index (χ0v) is 14.4. The Hall–Kier alpha value is -1.98. The van der Waals surface area contributed by atoms with Crippen LogP contribution in [-0.2, 0) is 0 Å². The minimum atomic E-state index is 0.863. The molecule has 3 rings (SSSR count). The van der Waals surface area contributed by atoms with E-state index in [9.17, 15) is 0 Å². The summed E-state index contributed by atoms with van der Waals surface area (Å²) in [7, 11) is 1.78.